The van der Waals surface area contributed by atoms with E-state index in [1.807, 2.05) is 77.1 Å². The van der Waals surface area contributed by atoms with Crippen LogP contribution >= 0.6 is 0 Å². The fraction of sp³-hybridized carbons (Fsp3) is 0.192. The van der Waals surface area contributed by atoms with Crippen molar-refractivity contribution < 1.29 is 4.79 Å². The molecule has 4 rings (SSSR count). The minimum Gasteiger partial charge on any atom is -0.319 e. The highest BCUT2D eigenvalue weighted by molar-refractivity contribution is 6.02. The van der Waals surface area contributed by atoms with Gasteiger partial charge >= 0.3 is 0 Å². The van der Waals surface area contributed by atoms with Crippen LogP contribution in [0.5, 0.6) is 0 Å². The van der Waals surface area contributed by atoms with Gasteiger partial charge in [0.15, 0.2) is 5.82 Å². The number of para-hydroxylation sites is 1. The molecule has 0 radical (unpaired) electrons. The first-order valence-corrected chi connectivity index (χ1v) is 10.3. The van der Waals surface area contributed by atoms with Gasteiger partial charge in [-0.1, -0.05) is 60.2 Å². The van der Waals surface area contributed by atoms with Gasteiger partial charge in [0.2, 0.25) is 5.82 Å². The number of nitrogens with zero attached hydrogens (tertiary/aromatic N) is 3. The van der Waals surface area contributed by atoms with E-state index in [2.05, 4.69) is 33.6 Å². The zero-order valence-corrected chi connectivity index (χ0v) is 18.5. The van der Waals surface area contributed by atoms with E-state index in [1.165, 1.54) is 0 Å². The predicted octanol–water partition coefficient (Wildman–Crippen LogP) is 5.73. The first-order valence-electron chi connectivity index (χ1n) is 10.3. The molecule has 5 nitrogen and oxygen atoms in total. The Labute approximate surface area is 182 Å². The van der Waals surface area contributed by atoms with E-state index >= 15 is 0 Å². The summed E-state index contributed by atoms with van der Waals surface area (Å²) >= 11 is 0. The summed E-state index contributed by atoms with van der Waals surface area (Å²) in [7, 11) is 0. The highest BCUT2D eigenvalue weighted by Crippen LogP contribution is 2.25. The molecule has 0 aliphatic heterocycles. The van der Waals surface area contributed by atoms with Crippen LogP contribution in [0.4, 0.5) is 5.69 Å². The number of hydrogen-bond acceptors (Lipinski definition) is 3. The third-order valence-corrected chi connectivity index (χ3v) is 5.43. The van der Waals surface area contributed by atoms with E-state index < -0.39 is 0 Å². The summed E-state index contributed by atoms with van der Waals surface area (Å²) in [5.74, 6) is 0.453. The van der Waals surface area contributed by atoms with Gasteiger partial charge in [-0.05, 0) is 62.9 Å². The van der Waals surface area contributed by atoms with E-state index in [0.717, 1.165) is 44.8 Å². The fourth-order valence-electron chi connectivity index (χ4n) is 3.59. The highest BCUT2D eigenvalue weighted by Gasteiger charge is 2.21. The van der Waals surface area contributed by atoms with Gasteiger partial charge in [-0.15, -0.1) is 5.10 Å². The quantitative estimate of drug-likeness (QED) is 0.467. The second-order valence-electron chi connectivity index (χ2n) is 8.05. The molecule has 0 spiro atoms. The molecule has 0 aliphatic rings. The second kappa shape index (κ2) is 8.19. The van der Waals surface area contributed by atoms with Gasteiger partial charge in [0, 0.05) is 11.3 Å². The van der Waals surface area contributed by atoms with Gasteiger partial charge in [-0.2, -0.15) is 0 Å². The van der Waals surface area contributed by atoms with E-state index in [4.69, 9.17) is 0 Å². The van der Waals surface area contributed by atoms with Crippen molar-refractivity contribution in [3.8, 4) is 17.1 Å². The minimum atomic E-state index is -0.324. The minimum absolute atomic E-state index is 0.138. The first-order chi connectivity index (χ1) is 14.8. The maximum atomic E-state index is 13.1. The van der Waals surface area contributed by atoms with E-state index in [1.54, 1.807) is 4.68 Å². The molecule has 1 amide bonds. The lowest BCUT2D eigenvalue weighted by Gasteiger charge is -2.10. The molecule has 1 N–H and O–H groups in total. The Hall–Kier alpha value is -3.73. The van der Waals surface area contributed by atoms with Crippen molar-refractivity contribution in [2.45, 2.75) is 34.6 Å². The lowest BCUT2D eigenvalue weighted by Crippen LogP contribution is -2.16. The number of aryl methyl sites for hydroxylation is 5. The molecule has 31 heavy (non-hydrogen) atoms. The molecule has 0 saturated carbocycles. The molecule has 5 heteroatoms. The SMILES string of the molecule is Cc1ccc(-c2nc(C(=O)Nc3c(C)cccc3C)nn2-c2cc(C)ccc2C)cc1. The first kappa shape index (κ1) is 20.5. The topological polar surface area (TPSA) is 59.8 Å². The third-order valence-electron chi connectivity index (χ3n) is 5.43. The van der Waals surface area contributed by atoms with Crippen LogP contribution in [0, 0.1) is 34.6 Å². The summed E-state index contributed by atoms with van der Waals surface area (Å²) in [6, 6.07) is 20.2. The maximum Gasteiger partial charge on any atom is 0.295 e. The summed E-state index contributed by atoms with van der Waals surface area (Å²) < 4.78 is 1.77. The largest absolute Gasteiger partial charge is 0.319 e. The van der Waals surface area contributed by atoms with Gasteiger partial charge in [-0.25, -0.2) is 9.67 Å². The van der Waals surface area contributed by atoms with Crippen molar-refractivity contribution in [2.24, 2.45) is 0 Å². The number of benzene rings is 3. The Morgan fingerprint density at radius 2 is 1.45 bits per heavy atom. The van der Waals surface area contributed by atoms with Crippen LogP contribution in [0.15, 0.2) is 60.7 Å². The summed E-state index contributed by atoms with van der Waals surface area (Å²) in [5.41, 5.74) is 7.96. The predicted molar refractivity (Wildman–Crippen MR) is 125 cm³/mol. The molecule has 0 saturated heterocycles. The molecule has 1 aromatic heterocycles. The Bertz CT molecular complexity index is 1250. The van der Waals surface area contributed by atoms with Gasteiger partial charge in [0.25, 0.3) is 5.91 Å². The molecule has 4 aromatic rings. The normalized spacial score (nSPS) is 10.9. The lowest BCUT2D eigenvalue weighted by atomic mass is 10.1. The third kappa shape index (κ3) is 4.12. The zero-order chi connectivity index (χ0) is 22.1. The molecular formula is C26H26N4O. The smallest absolute Gasteiger partial charge is 0.295 e. The number of amides is 1. The molecule has 0 unspecified atom stereocenters. The van der Waals surface area contributed by atoms with Crippen LogP contribution in [0.2, 0.25) is 0 Å². The Kier molecular flexibility index (Phi) is 5.42. The number of aromatic nitrogens is 3. The van der Waals surface area contributed by atoms with Crippen molar-refractivity contribution in [3.05, 3.63) is 94.3 Å². The molecule has 156 valence electrons. The number of nitrogens with one attached hydrogen (secondary N) is 1. The summed E-state index contributed by atoms with van der Waals surface area (Å²) in [6.45, 7) is 10.1. The molecule has 0 atom stereocenters. The number of carbonyl (C=O) groups is 1. The molecule has 0 bridgehead atoms. The van der Waals surface area contributed by atoms with Crippen LogP contribution in [-0.2, 0) is 0 Å². The number of anilines is 1. The van der Waals surface area contributed by atoms with Gasteiger partial charge in [0.05, 0.1) is 5.69 Å². The number of rotatable bonds is 4. The number of carbonyl (C=O) groups excluding carboxylic acids is 1. The average Bonchev–Trinajstić information content (AvgIpc) is 3.18. The van der Waals surface area contributed by atoms with Crippen LogP contribution < -0.4 is 5.32 Å². The Morgan fingerprint density at radius 3 is 2.13 bits per heavy atom. The van der Waals surface area contributed by atoms with Gasteiger partial charge in [0.1, 0.15) is 0 Å². The Balaban J connectivity index is 1.82. The molecule has 3 aromatic carbocycles. The van der Waals surface area contributed by atoms with Crippen LogP contribution in [-0.4, -0.2) is 20.7 Å². The van der Waals surface area contributed by atoms with Crippen molar-refractivity contribution >= 4 is 11.6 Å². The molecular weight excluding hydrogens is 384 g/mol. The van der Waals surface area contributed by atoms with Crippen molar-refractivity contribution in [2.75, 3.05) is 5.32 Å². The Morgan fingerprint density at radius 1 is 0.806 bits per heavy atom. The van der Waals surface area contributed by atoms with Gasteiger partial charge < -0.3 is 5.32 Å². The van der Waals surface area contributed by atoms with Crippen molar-refractivity contribution in [1.82, 2.24) is 14.8 Å². The average molecular weight is 411 g/mol. The number of hydrogen-bond donors (Lipinski definition) is 1. The molecule has 0 fully saturated rings. The van der Waals surface area contributed by atoms with Crippen molar-refractivity contribution in [3.63, 3.8) is 0 Å². The van der Waals surface area contributed by atoms with Crippen LogP contribution in [0.1, 0.15) is 38.4 Å². The summed E-state index contributed by atoms with van der Waals surface area (Å²) in [5, 5.41) is 7.63. The van der Waals surface area contributed by atoms with Crippen molar-refractivity contribution in [1.29, 1.82) is 0 Å². The van der Waals surface area contributed by atoms with E-state index in [-0.39, 0.29) is 11.7 Å². The summed E-state index contributed by atoms with van der Waals surface area (Å²) in [6.07, 6.45) is 0. The second-order valence-corrected chi connectivity index (χ2v) is 8.05. The monoisotopic (exact) mass is 410 g/mol. The zero-order valence-electron chi connectivity index (χ0n) is 18.5. The fourth-order valence-corrected chi connectivity index (χ4v) is 3.59. The van der Waals surface area contributed by atoms with Crippen LogP contribution in [0.3, 0.4) is 0 Å². The molecule has 1 heterocycles. The van der Waals surface area contributed by atoms with E-state index in [9.17, 15) is 4.79 Å². The van der Waals surface area contributed by atoms with Crippen LogP contribution in [0.25, 0.3) is 17.1 Å². The molecule has 0 aliphatic carbocycles. The lowest BCUT2D eigenvalue weighted by molar-refractivity contribution is 0.101. The standard InChI is InChI=1S/C26H26N4O/c1-16-10-13-21(14-11-16)25-28-24(26(31)27-23-19(4)7-6-8-20(23)5)29-30(25)22-15-17(2)9-12-18(22)3/h6-15H,1-5H3,(H,27,31). The summed E-state index contributed by atoms with van der Waals surface area (Å²) in [4.78, 5) is 17.8. The maximum absolute atomic E-state index is 13.1. The van der Waals surface area contributed by atoms with E-state index in [0.29, 0.717) is 5.82 Å². The highest BCUT2D eigenvalue weighted by atomic mass is 16.2. The van der Waals surface area contributed by atoms with Gasteiger partial charge in [-0.3, -0.25) is 4.79 Å².